The highest BCUT2D eigenvalue weighted by molar-refractivity contribution is 5.89. The lowest BCUT2D eigenvalue weighted by Crippen LogP contribution is -2.61. The van der Waals surface area contributed by atoms with E-state index in [4.69, 9.17) is 5.11 Å². The van der Waals surface area contributed by atoms with E-state index in [1.165, 1.54) is 0 Å². The molecule has 2 N–H and O–H groups in total. The van der Waals surface area contributed by atoms with Gasteiger partial charge < -0.3 is 15.3 Å². The third-order valence-corrected chi connectivity index (χ3v) is 2.86. The smallest absolute Gasteiger partial charge is 0.471 e. The van der Waals surface area contributed by atoms with Crippen LogP contribution in [0.2, 0.25) is 0 Å². The van der Waals surface area contributed by atoms with Gasteiger partial charge in [-0.3, -0.25) is 4.79 Å². The molecule has 98 valence electrons. The number of nitrogens with zero attached hydrogens (tertiary/aromatic N) is 1. The van der Waals surface area contributed by atoms with Gasteiger partial charge in [0.05, 0.1) is 0 Å². The van der Waals surface area contributed by atoms with E-state index in [0.717, 1.165) is 0 Å². The van der Waals surface area contributed by atoms with Crippen molar-refractivity contribution >= 4 is 11.9 Å². The van der Waals surface area contributed by atoms with Gasteiger partial charge in [-0.25, -0.2) is 4.79 Å². The van der Waals surface area contributed by atoms with E-state index in [0.29, 0.717) is 13.1 Å². The standard InChI is InChI=1S/C9H13F3N2O3/c1-14-4-2-8(3-5-14,7(16)17)13-6(15)9(10,11)12/h2-5H2,1H3,(H,13,15)(H,16,17). The normalized spacial score (nSPS) is 20.9. The van der Waals surface area contributed by atoms with Crippen molar-refractivity contribution in [1.82, 2.24) is 10.2 Å². The number of carboxylic acid groups (broad SMARTS) is 1. The Morgan fingerprint density at radius 3 is 2.12 bits per heavy atom. The number of nitrogens with one attached hydrogen (secondary N) is 1. The molecule has 1 heterocycles. The van der Waals surface area contributed by atoms with Crippen LogP contribution in [0.1, 0.15) is 12.8 Å². The molecule has 0 aliphatic carbocycles. The molecule has 0 atom stereocenters. The van der Waals surface area contributed by atoms with E-state index in [1.807, 2.05) is 0 Å². The molecule has 1 aliphatic heterocycles. The number of amides is 1. The zero-order valence-corrected chi connectivity index (χ0v) is 9.17. The molecule has 0 bridgehead atoms. The molecule has 8 heteroatoms. The Hall–Kier alpha value is -1.31. The third kappa shape index (κ3) is 3.09. The Morgan fingerprint density at radius 1 is 1.29 bits per heavy atom. The largest absolute Gasteiger partial charge is 0.480 e. The predicted octanol–water partition coefficient (Wildman–Crippen LogP) is 0.214. The maximum Gasteiger partial charge on any atom is 0.471 e. The fourth-order valence-corrected chi connectivity index (χ4v) is 1.68. The molecule has 0 radical (unpaired) electrons. The predicted molar refractivity (Wildman–Crippen MR) is 51.3 cm³/mol. The summed E-state index contributed by atoms with van der Waals surface area (Å²) in [5, 5.41) is 10.6. The minimum atomic E-state index is -5.06. The van der Waals surface area contributed by atoms with Crippen LogP contribution in [-0.4, -0.2) is 53.7 Å². The van der Waals surface area contributed by atoms with Crippen LogP contribution in [0.4, 0.5) is 13.2 Å². The number of rotatable bonds is 2. The zero-order valence-electron chi connectivity index (χ0n) is 9.17. The Bertz CT molecular complexity index is 322. The summed E-state index contributed by atoms with van der Waals surface area (Å²) < 4.78 is 36.3. The van der Waals surface area contributed by atoms with Gasteiger partial charge in [0.15, 0.2) is 0 Å². The highest BCUT2D eigenvalue weighted by Gasteiger charge is 2.48. The van der Waals surface area contributed by atoms with Gasteiger partial charge in [0.1, 0.15) is 5.54 Å². The summed E-state index contributed by atoms with van der Waals surface area (Å²) in [5.41, 5.74) is -1.81. The third-order valence-electron chi connectivity index (χ3n) is 2.86. The van der Waals surface area contributed by atoms with Crippen LogP contribution < -0.4 is 5.32 Å². The van der Waals surface area contributed by atoms with Crippen LogP contribution in [0.3, 0.4) is 0 Å². The summed E-state index contributed by atoms with van der Waals surface area (Å²) in [6.07, 6.45) is -5.15. The van der Waals surface area contributed by atoms with Crippen LogP contribution in [0, 0.1) is 0 Å². The van der Waals surface area contributed by atoms with Gasteiger partial charge in [0.25, 0.3) is 0 Å². The number of carboxylic acids is 1. The van der Waals surface area contributed by atoms with Gasteiger partial charge in [-0.1, -0.05) is 0 Å². The molecule has 1 amide bonds. The number of likely N-dealkylation sites (tertiary alicyclic amines) is 1. The molecule has 17 heavy (non-hydrogen) atoms. The van der Waals surface area contributed by atoms with Crippen molar-refractivity contribution in [2.24, 2.45) is 0 Å². The molecule has 0 aromatic rings. The van der Waals surface area contributed by atoms with Gasteiger partial charge in [-0.2, -0.15) is 13.2 Å². The summed E-state index contributed by atoms with van der Waals surface area (Å²) in [6.45, 7) is 0.648. The SMILES string of the molecule is CN1CCC(NC(=O)C(F)(F)F)(C(=O)O)CC1. The summed E-state index contributed by atoms with van der Waals surface area (Å²) >= 11 is 0. The van der Waals surface area contributed by atoms with E-state index < -0.39 is 23.6 Å². The van der Waals surface area contributed by atoms with E-state index in [9.17, 15) is 22.8 Å². The molecule has 0 aromatic carbocycles. The number of alkyl halides is 3. The van der Waals surface area contributed by atoms with Crippen molar-refractivity contribution in [1.29, 1.82) is 0 Å². The minimum Gasteiger partial charge on any atom is -0.480 e. The molecule has 1 fully saturated rings. The lowest BCUT2D eigenvalue weighted by molar-refractivity contribution is -0.178. The first kappa shape index (κ1) is 13.8. The number of aliphatic carboxylic acids is 1. The first-order valence-electron chi connectivity index (χ1n) is 4.99. The van der Waals surface area contributed by atoms with Crippen molar-refractivity contribution in [2.45, 2.75) is 24.6 Å². The fraction of sp³-hybridized carbons (Fsp3) is 0.778. The second-order valence-electron chi connectivity index (χ2n) is 4.14. The lowest BCUT2D eigenvalue weighted by Gasteiger charge is -2.37. The van der Waals surface area contributed by atoms with Crippen LogP contribution >= 0.6 is 0 Å². The highest BCUT2D eigenvalue weighted by atomic mass is 19.4. The molecule has 1 saturated heterocycles. The zero-order chi connectivity index (χ0) is 13.3. The summed E-state index contributed by atoms with van der Waals surface area (Å²) in [5.74, 6) is -3.63. The van der Waals surface area contributed by atoms with Crippen molar-refractivity contribution in [2.75, 3.05) is 20.1 Å². The summed E-state index contributed by atoms with van der Waals surface area (Å²) in [7, 11) is 1.73. The van der Waals surface area contributed by atoms with E-state index in [1.54, 1.807) is 17.3 Å². The topological polar surface area (TPSA) is 69.6 Å². The maximum absolute atomic E-state index is 12.1. The molecule has 5 nitrogen and oxygen atoms in total. The first-order chi connectivity index (χ1) is 7.67. The highest BCUT2D eigenvalue weighted by Crippen LogP contribution is 2.24. The monoisotopic (exact) mass is 254 g/mol. The van der Waals surface area contributed by atoms with E-state index >= 15 is 0 Å². The average molecular weight is 254 g/mol. The number of hydrogen-bond donors (Lipinski definition) is 2. The Morgan fingerprint density at radius 2 is 1.76 bits per heavy atom. The van der Waals surface area contributed by atoms with E-state index in [2.05, 4.69) is 0 Å². The number of piperidine rings is 1. The van der Waals surface area contributed by atoms with Crippen molar-refractivity contribution in [3.63, 3.8) is 0 Å². The molecule has 0 aromatic heterocycles. The Balaban J connectivity index is 2.81. The number of carbonyl (C=O) groups excluding carboxylic acids is 1. The number of halogens is 3. The van der Waals surface area contributed by atoms with Crippen LogP contribution in [0.25, 0.3) is 0 Å². The molecule has 1 aliphatic rings. The lowest BCUT2D eigenvalue weighted by atomic mass is 9.87. The van der Waals surface area contributed by atoms with Crippen LogP contribution in [0.15, 0.2) is 0 Å². The molecule has 0 spiro atoms. The minimum absolute atomic E-state index is 0.0410. The van der Waals surface area contributed by atoms with Crippen molar-refractivity contribution in [3.05, 3.63) is 0 Å². The van der Waals surface area contributed by atoms with E-state index in [-0.39, 0.29) is 12.8 Å². The Labute approximate surface area is 95.6 Å². The second-order valence-corrected chi connectivity index (χ2v) is 4.14. The van der Waals surface area contributed by atoms with Crippen LogP contribution in [-0.2, 0) is 9.59 Å². The molecule has 0 unspecified atom stereocenters. The van der Waals surface area contributed by atoms with Gasteiger partial charge >= 0.3 is 18.1 Å². The summed E-state index contributed by atoms with van der Waals surface area (Å²) in [4.78, 5) is 23.6. The quantitative estimate of drug-likeness (QED) is 0.739. The number of carbonyl (C=O) groups is 2. The van der Waals surface area contributed by atoms with Crippen molar-refractivity contribution in [3.8, 4) is 0 Å². The van der Waals surface area contributed by atoms with Gasteiger partial charge in [-0.15, -0.1) is 0 Å². The van der Waals surface area contributed by atoms with Gasteiger partial charge in [0.2, 0.25) is 0 Å². The maximum atomic E-state index is 12.1. The first-order valence-corrected chi connectivity index (χ1v) is 4.99. The van der Waals surface area contributed by atoms with Gasteiger partial charge in [0, 0.05) is 13.1 Å². The van der Waals surface area contributed by atoms with Gasteiger partial charge in [-0.05, 0) is 19.9 Å². The number of hydrogen-bond acceptors (Lipinski definition) is 3. The molecule has 0 saturated carbocycles. The molecule has 1 rings (SSSR count). The van der Waals surface area contributed by atoms with Crippen LogP contribution in [0.5, 0.6) is 0 Å². The fourth-order valence-electron chi connectivity index (χ4n) is 1.68. The second kappa shape index (κ2) is 4.52. The van der Waals surface area contributed by atoms with Crippen molar-refractivity contribution < 1.29 is 27.9 Å². The average Bonchev–Trinajstić information content (AvgIpc) is 2.20. The summed E-state index contributed by atoms with van der Waals surface area (Å²) in [6, 6.07) is 0. The molecular formula is C9H13F3N2O3. The Kier molecular flexibility index (Phi) is 3.65. The molecular weight excluding hydrogens is 241 g/mol.